The number of aliphatic carboxylic acids is 1. The lowest BCUT2D eigenvalue weighted by atomic mass is 10.4. The molecule has 11 heavy (non-hydrogen) atoms. The topological polar surface area (TPSA) is 63.6 Å². The molecular formula is C6H9BrO4. The second kappa shape index (κ2) is 5.12. The van der Waals surface area contributed by atoms with Gasteiger partial charge in [-0.3, -0.25) is 9.59 Å². The maximum Gasteiger partial charge on any atom is 0.331 e. The van der Waals surface area contributed by atoms with Crippen molar-refractivity contribution in [1.29, 1.82) is 0 Å². The molecule has 0 bridgehead atoms. The third-order valence-corrected chi connectivity index (χ3v) is 1.64. The molecule has 0 radical (unpaired) electrons. The molecule has 0 amide bonds. The first-order valence-electron chi connectivity index (χ1n) is 3.13. The maximum absolute atomic E-state index is 10.7. The highest BCUT2D eigenvalue weighted by atomic mass is 79.9. The summed E-state index contributed by atoms with van der Waals surface area (Å²) in [6.07, 6.45) is 0.686. The molecule has 0 saturated heterocycles. The smallest absolute Gasteiger partial charge is 0.331 e. The molecule has 1 N–H and O–H groups in total. The zero-order chi connectivity index (χ0) is 8.85. The van der Waals surface area contributed by atoms with E-state index in [1.165, 1.54) is 0 Å². The van der Waals surface area contributed by atoms with E-state index in [2.05, 4.69) is 20.7 Å². The standard InChI is InChI=1S/C6H9BrO4/c1-2-3-11-6(10)4(7)5(8)9/h4H,2-3H2,1H3,(H,8,9). The Labute approximate surface area is 72.7 Å². The summed E-state index contributed by atoms with van der Waals surface area (Å²) in [6.45, 7) is 2.09. The van der Waals surface area contributed by atoms with Crippen molar-refractivity contribution in [3.05, 3.63) is 0 Å². The fraction of sp³-hybridized carbons (Fsp3) is 0.667. The number of carboxylic acids is 1. The second-order valence-corrected chi connectivity index (χ2v) is 2.78. The van der Waals surface area contributed by atoms with E-state index in [1.54, 1.807) is 0 Å². The van der Waals surface area contributed by atoms with Crippen LogP contribution in [-0.4, -0.2) is 28.5 Å². The summed E-state index contributed by atoms with van der Waals surface area (Å²) in [7, 11) is 0. The molecule has 1 unspecified atom stereocenters. The van der Waals surface area contributed by atoms with Gasteiger partial charge >= 0.3 is 11.9 Å². The Kier molecular flexibility index (Phi) is 4.85. The minimum atomic E-state index is -1.24. The summed E-state index contributed by atoms with van der Waals surface area (Å²) >= 11 is 2.66. The number of alkyl halides is 1. The molecule has 4 nitrogen and oxygen atoms in total. The lowest BCUT2D eigenvalue weighted by Gasteiger charge is -2.03. The normalized spacial score (nSPS) is 12.2. The van der Waals surface area contributed by atoms with Crippen LogP contribution in [0.15, 0.2) is 0 Å². The molecule has 0 aromatic heterocycles. The fourth-order valence-corrected chi connectivity index (χ4v) is 0.509. The summed E-state index contributed by atoms with van der Waals surface area (Å²) in [5.74, 6) is -1.98. The molecule has 0 rings (SSSR count). The summed E-state index contributed by atoms with van der Waals surface area (Å²) in [5.41, 5.74) is 0. The number of rotatable bonds is 4. The molecule has 64 valence electrons. The van der Waals surface area contributed by atoms with Crippen LogP contribution in [0.1, 0.15) is 13.3 Å². The van der Waals surface area contributed by atoms with Gasteiger partial charge in [0.05, 0.1) is 6.61 Å². The average Bonchev–Trinajstić information content (AvgIpc) is 1.98. The fourth-order valence-electron chi connectivity index (χ4n) is 0.377. The highest BCUT2D eigenvalue weighted by Gasteiger charge is 2.23. The van der Waals surface area contributed by atoms with Gasteiger partial charge in [-0.2, -0.15) is 0 Å². The number of carboxylic acid groups (broad SMARTS) is 1. The lowest BCUT2D eigenvalue weighted by molar-refractivity contribution is -0.150. The minimum Gasteiger partial charge on any atom is -0.480 e. The van der Waals surface area contributed by atoms with E-state index in [-0.39, 0.29) is 6.61 Å². The number of esters is 1. The highest BCUT2D eigenvalue weighted by molar-refractivity contribution is 9.10. The number of halogens is 1. The third kappa shape index (κ3) is 3.98. The molecule has 0 saturated carbocycles. The molecule has 0 aromatic rings. The van der Waals surface area contributed by atoms with Gasteiger partial charge in [-0.25, -0.2) is 0 Å². The van der Waals surface area contributed by atoms with Crippen molar-refractivity contribution >= 4 is 27.9 Å². The van der Waals surface area contributed by atoms with E-state index >= 15 is 0 Å². The number of ether oxygens (including phenoxy) is 1. The Morgan fingerprint density at radius 2 is 2.18 bits per heavy atom. The Morgan fingerprint density at radius 1 is 1.64 bits per heavy atom. The van der Waals surface area contributed by atoms with E-state index < -0.39 is 16.8 Å². The van der Waals surface area contributed by atoms with Gasteiger partial charge in [0.1, 0.15) is 0 Å². The molecule has 0 heterocycles. The first-order chi connectivity index (χ1) is 5.09. The van der Waals surface area contributed by atoms with E-state index in [1.807, 2.05) is 6.92 Å². The molecule has 0 aliphatic rings. The van der Waals surface area contributed by atoms with Gasteiger partial charge in [-0.15, -0.1) is 0 Å². The summed E-state index contributed by atoms with van der Waals surface area (Å²) in [6, 6.07) is 0. The van der Waals surface area contributed by atoms with E-state index in [0.717, 1.165) is 0 Å². The Balaban J connectivity index is 3.74. The predicted octanol–water partition coefficient (Wildman–Crippen LogP) is 0.788. The van der Waals surface area contributed by atoms with Crippen LogP contribution in [0.4, 0.5) is 0 Å². The number of carbonyl (C=O) groups excluding carboxylic acids is 1. The van der Waals surface area contributed by atoms with Gasteiger partial charge in [-0.1, -0.05) is 22.9 Å². The van der Waals surface area contributed by atoms with Crippen molar-refractivity contribution in [3.63, 3.8) is 0 Å². The van der Waals surface area contributed by atoms with Crippen molar-refractivity contribution in [3.8, 4) is 0 Å². The van der Waals surface area contributed by atoms with Gasteiger partial charge in [0, 0.05) is 0 Å². The zero-order valence-corrected chi connectivity index (χ0v) is 7.63. The molecule has 0 fully saturated rings. The van der Waals surface area contributed by atoms with Crippen molar-refractivity contribution in [2.45, 2.75) is 18.2 Å². The average molecular weight is 225 g/mol. The Morgan fingerprint density at radius 3 is 2.55 bits per heavy atom. The largest absolute Gasteiger partial charge is 0.480 e. The number of carbonyl (C=O) groups is 2. The van der Waals surface area contributed by atoms with E-state index in [4.69, 9.17) is 5.11 Å². The van der Waals surface area contributed by atoms with Gasteiger partial charge in [0.25, 0.3) is 0 Å². The Bertz CT molecular complexity index is 157. The Hall–Kier alpha value is -0.580. The van der Waals surface area contributed by atoms with Gasteiger partial charge < -0.3 is 9.84 Å². The van der Waals surface area contributed by atoms with Crippen LogP contribution < -0.4 is 0 Å². The minimum absolute atomic E-state index is 0.258. The lowest BCUT2D eigenvalue weighted by Crippen LogP contribution is -2.25. The summed E-state index contributed by atoms with van der Waals surface area (Å²) in [5, 5.41) is 8.30. The van der Waals surface area contributed by atoms with Crippen molar-refractivity contribution < 1.29 is 19.4 Å². The number of hydrogen-bond donors (Lipinski definition) is 1. The van der Waals surface area contributed by atoms with Crippen LogP contribution in [0.5, 0.6) is 0 Å². The zero-order valence-electron chi connectivity index (χ0n) is 6.04. The van der Waals surface area contributed by atoms with Crippen LogP contribution in [0.25, 0.3) is 0 Å². The van der Waals surface area contributed by atoms with Gasteiger partial charge in [0.2, 0.25) is 4.83 Å². The predicted molar refractivity (Wildman–Crippen MR) is 41.6 cm³/mol. The SMILES string of the molecule is CCCOC(=O)C(Br)C(=O)O. The van der Waals surface area contributed by atoms with Crippen LogP contribution >= 0.6 is 15.9 Å². The molecular weight excluding hydrogens is 216 g/mol. The maximum atomic E-state index is 10.7. The summed E-state index contributed by atoms with van der Waals surface area (Å²) in [4.78, 5) is 19.6. The van der Waals surface area contributed by atoms with Crippen molar-refractivity contribution in [2.75, 3.05) is 6.61 Å². The monoisotopic (exact) mass is 224 g/mol. The van der Waals surface area contributed by atoms with Crippen LogP contribution in [0, 0.1) is 0 Å². The van der Waals surface area contributed by atoms with Gasteiger partial charge in [-0.05, 0) is 6.42 Å². The van der Waals surface area contributed by atoms with E-state index in [0.29, 0.717) is 6.42 Å². The molecule has 0 aliphatic heterocycles. The molecule has 5 heteroatoms. The first-order valence-corrected chi connectivity index (χ1v) is 4.04. The van der Waals surface area contributed by atoms with Crippen LogP contribution in [-0.2, 0) is 14.3 Å². The van der Waals surface area contributed by atoms with Crippen LogP contribution in [0.2, 0.25) is 0 Å². The van der Waals surface area contributed by atoms with Crippen molar-refractivity contribution in [1.82, 2.24) is 0 Å². The molecule has 1 atom stereocenters. The van der Waals surface area contributed by atoms with Crippen molar-refractivity contribution in [2.24, 2.45) is 0 Å². The first kappa shape index (κ1) is 10.4. The third-order valence-electron chi connectivity index (χ3n) is 0.872. The molecule has 0 aromatic carbocycles. The number of hydrogen-bond acceptors (Lipinski definition) is 3. The van der Waals surface area contributed by atoms with Gasteiger partial charge in [0.15, 0.2) is 0 Å². The highest BCUT2D eigenvalue weighted by Crippen LogP contribution is 2.02. The quantitative estimate of drug-likeness (QED) is 0.436. The molecule has 0 spiro atoms. The molecule has 0 aliphatic carbocycles. The summed E-state index contributed by atoms with van der Waals surface area (Å²) < 4.78 is 4.55. The van der Waals surface area contributed by atoms with Crippen LogP contribution in [0.3, 0.4) is 0 Å². The second-order valence-electron chi connectivity index (χ2n) is 1.87. The van der Waals surface area contributed by atoms with E-state index in [9.17, 15) is 9.59 Å².